The maximum absolute atomic E-state index is 11.7. The molecule has 1 aliphatic heterocycles. The van der Waals surface area contributed by atoms with Crippen LogP contribution in [0.25, 0.3) is 0 Å². The van der Waals surface area contributed by atoms with Crippen molar-refractivity contribution in [1.82, 2.24) is 5.32 Å². The molecule has 24 heavy (non-hydrogen) atoms. The van der Waals surface area contributed by atoms with Crippen molar-refractivity contribution in [3.63, 3.8) is 0 Å². The van der Waals surface area contributed by atoms with E-state index in [9.17, 15) is 9.90 Å². The fourth-order valence-electron chi connectivity index (χ4n) is 6.74. The molecule has 7 atom stereocenters. The van der Waals surface area contributed by atoms with Gasteiger partial charge in [0.15, 0.2) is 0 Å². The van der Waals surface area contributed by atoms with Gasteiger partial charge in [0.2, 0.25) is 5.91 Å². The zero-order valence-electron chi connectivity index (χ0n) is 15.0. The Bertz CT molecular complexity index is 533. The van der Waals surface area contributed by atoms with E-state index in [4.69, 9.17) is 4.79 Å². The second kappa shape index (κ2) is 6.29. The van der Waals surface area contributed by atoms with Gasteiger partial charge in [0.1, 0.15) is 6.79 Å². The van der Waals surface area contributed by atoms with E-state index in [-0.39, 0.29) is 11.3 Å². The first-order chi connectivity index (χ1) is 11.5. The third-order valence-electron chi connectivity index (χ3n) is 8.10. The highest BCUT2D eigenvalue weighted by atomic mass is 16.3. The number of nitrogens with one attached hydrogen (secondary N) is 1. The van der Waals surface area contributed by atoms with Crippen molar-refractivity contribution in [2.24, 2.45) is 34.5 Å². The quantitative estimate of drug-likeness (QED) is 0.775. The Labute approximate surface area is 145 Å². The number of aliphatic hydroxyl groups excluding tert-OH is 1. The summed E-state index contributed by atoms with van der Waals surface area (Å²) in [5.74, 6) is 2.83. The number of amides is 1. The van der Waals surface area contributed by atoms with Crippen LogP contribution in [0.2, 0.25) is 0 Å². The van der Waals surface area contributed by atoms with E-state index in [0.29, 0.717) is 29.9 Å². The van der Waals surface area contributed by atoms with E-state index >= 15 is 0 Å². The predicted octanol–water partition coefficient (Wildman–Crippen LogP) is 2.71. The molecule has 0 aromatic carbocycles. The molecule has 4 heteroatoms. The zero-order chi connectivity index (χ0) is 17.5. The molecule has 134 valence electrons. The van der Waals surface area contributed by atoms with E-state index in [1.54, 1.807) is 6.08 Å². The molecule has 4 nitrogen and oxygen atoms in total. The molecule has 3 unspecified atom stereocenters. The van der Waals surface area contributed by atoms with Crippen LogP contribution < -0.4 is 5.32 Å². The van der Waals surface area contributed by atoms with E-state index < -0.39 is 0 Å². The first-order valence-corrected chi connectivity index (χ1v) is 9.38. The minimum absolute atomic E-state index is 0.0859. The molecule has 3 aliphatic carbocycles. The normalized spacial score (nSPS) is 49.1. The highest BCUT2D eigenvalue weighted by Crippen LogP contribution is 2.64. The Morgan fingerprint density at radius 2 is 1.92 bits per heavy atom. The van der Waals surface area contributed by atoms with Crippen LogP contribution in [0.15, 0.2) is 12.2 Å². The molecule has 1 heterocycles. The molecule has 0 saturated heterocycles. The number of carbonyl (C=O) groups excluding carboxylic acids is 2. The van der Waals surface area contributed by atoms with Gasteiger partial charge in [-0.25, -0.2) is 0 Å². The van der Waals surface area contributed by atoms with Crippen LogP contribution in [0.5, 0.6) is 0 Å². The summed E-state index contributed by atoms with van der Waals surface area (Å²) >= 11 is 0. The van der Waals surface area contributed by atoms with E-state index in [0.717, 1.165) is 18.3 Å². The summed E-state index contributed by atoms with van der Waals surface area (Å²) in [6.45, 7) is 7.17. The van der Waals surface area contributed by atoms with Crippen molar-refractivity contribution in [3.8, 4) is 0 Å². The lowest BCUT2D eigenvalue weighted by molar-refractivity contribution is -0.122. The summed E-state index contributed by atoms with van der Waals surface area (Å²) in [4.78, 5) is 19.7. The minimum atomic E-state index is 0.0859. The average molecular weight is 333 g/mol. The number of carbonyl (C=O) groups is 2. The van der Waals surface area contributed by atoms with Gasteiger partial charge in [0, 0.05) is 18.1 Å². The van der Waals surface area contributed by atoms with Crippen molar-refractivity contribution >= 4 is 12.7 Å². The largest absolute Gasteiger partial charge is 0.396 e. The van der Waals surface area contributed by atoms with E-state index in [1.165, 1.54) is 32.1 Å². The van der Waals surface area contributed by atoms with Crippen LogP contribution in [-0.4, -0.2) is 30.5 Å². The number of hydrogen-bond donors (Lipinski definition) is 2. The Hall–Kier alpha value is -1.16. The molecule has 0 aromatic heterocycles. The van der Waals surface area contributed by atoms with E-state index in [1.807, 2.05) is 6.79 Å². The third kappa shape index (κ3) is 2.37. The molecule has 1 amide bonds. The van der Waals surface area contributed by atoms with Crippen LogP contribution in [0.3, 0.4) is 0 Å². The first kappa shape index (κ1) is 17.7. The van der Waals surface area contributed by atoms with Crippen LogP contribution in [0.4, 0.5) is 0 Å². The van der Waals surface area contributed by atoms with Crippen molar-refractivity contribution in [2.45, 2.75) is 58.4 Å². The van der Waals surface area contributed by atoms with Gasteiger partial charge in [0.25, 0.3) is 0 Å². The molecular weight excluding hydrogens is 302 g/mol. The molecule has 0 aromatic rings. The standard InChI is InChI=1S/C19H29NO2.CH2O/c1-18-9-7-15-13(14(18)5-3-12(18)11-21)4-6-16-19(15,2)10-8-17(22)20-16;1-2/h8,10,12-16,21H,3-7,9,11H2,1-2H3,(H,20,22);1H2/t12-,13+,14?,15?,16?,18-,19-;/m1./s1. The Kier molecular flexibility index (Phi) is 4.63. The molecule has 3 fully saturated rings. The van der Waals surface area contributed by atoms with Crippen molar-refractivity contribution in [3.05, 3.63) is 12.2 Å². The van der Waals surface area contributed by atoms with Crippen LogP contribution in [-0.2, 0) is 9.59 Å². The lowest BCUT2D eigenvalue weighted by Gasteiger charge is -2.58. The average Bonchev–Trinajstić information content (AvgIpc) is 2.93. The molecule has 3 saturated carbocycles. The molecule has 4 aliphatic rings. The highest BCUT2D eigenvalue weighted by Gasteiger charge is 2.59. The van der Waals surface area contributed by atoms with Gasteiger partial charge >= 0.3 is 0 Å². The third-order valence-corrected chi connectivity index (χ3v) is 8.10. The maximum Gasteiger partial charge on any atom is 0.243 e. The number of aliphatic hydroxyl groups is 1. The highest BCUT2D eigenvalue weighted by molar-refractivity contribution is 5.89. The monoisotopic (exact) mass is 333 g/mol. The lowest BCUT2D eigenvalue weighted by atomic mass is 9.48. The molecule has 2 N–H and O–H groups in total. The summed E-state index contributed by atoms with van der Waals surface area (Å²) in [5.41, 5.74) is 0.482. The van der Waals surface area contributed by atoms with Gasteiger partial charge in [-0.2, -0.15) is 0 Å². The summed E-state index contributed by atoms with van der Waals surface area (Å²) in [6.07, 6.45) is 11.3. The topological polar surface area (TPSA) is 66.4 Å². The summed E-state index contributed by atoms with van der Waals surface area (Å²) < 4.78 is 0. The fraction of sp³-hybridized carbons (Fsp3) is 0.800. The summed E-state index contributed by atoms with van der Waals surface area (Å²) in [5, 5.41) is 13.0. The Morgan fingerprint density at radius 3 is 2.62 bits per heavy atom. The zero-order valence-corrected chi connectivity index (χ0v) is 15.0. The van der Waals surface area contributed by atoms with Gasteiger partial charge in [-0.15, -0.1) is 0 Å². The first-order valence-electron chi connectivity index (χ1n) is 9.38. The van der Waals surface area contributed by atoms with Crippen LogP contribution in [0.1, 0.15) is 52.4 Å². The molecule has 0 spiro atoms. The number of rotatable bonds is 1. The lowest BCUT2D eigenvalue weighted by Crippen LogP contribution is -2.59. The van der Waals surface area contributed by atoms with Gasteiger partial charge in [-0.3, -0.25) is 4.79 Å². The van der Waals surface area contributed by atoms with Crippen LogP contribution >= 0.6 is 0 Å². The van der Waals surface area contributed by atoms with Crippen molar-refractivity contribution in [1.29, 1.82) is 0 Å². The van der Waals surface area contributed by atoms with Crippen molar-refractivity contribution in [2.75, 3.05) is 6.61 Å². The molecule has 0 bridgehead atoms. The molecule has 0 radical (unpaired) electrons. The predicted molar refractivity (Wildman–Crippen MR) is 93.2 cm³/mol. The summed E-state index contributed by atoms with van der Waals surface area (Å²) in [6, 6.07) is 0.325. The smallest absolute Gasteiger partial charge is 0.243 e. The molecule has 4 rings (SSSR count). The maximum atomic E-state index is 11.7. The van der Waals surface area contributed by atoms with Gasteiger partial charge in [-0.1, -0.05) is 19.9 Å². The fourth-order valence-corrected chi connectivity index (χ4v) is 6.74. The Balaban J connectivity index is 0.000000815. The second-order valence-electron chi connectivity index (χ2n) is 8.72. The van der Waals surface area contributed by atoms with E-state index in [2.05, 4.69) is 25.2 Å². The Morgan fingerprint density at radius 1 is 1.17 bits per heavy atom. The van der Waals surface area contributed by atoms with Gasteiger partial charge in [-0.05, 0) is 73.7 Å². The molecular formula is C20H31NO3. The second-order valence-corrected chi connectivity index (χ2v) is 8.72. The van der Waals surface area contributed by atoms with Gasteiger partial charge in [0.05, 0.1) is 0 Å². The summed E-state index contributed by atoms with van der Waals surface area (Å²) in [7, 11) is 0. The number of hydrogen-bond acceptors (Lipinski definition) is 3. The van der Waals surface area contributed by atoms with Crippen LogP contribution in [0, 0.1) is 34.5 Å². The SMILES string of the molecule is C=O.C[C@]12C=CC(=O)NC1CC[C@@H]1C2CC[C@@]2(C)C1CC[C@@H]2CO. The van der Waals surface area contributed by atoms with Crippen molar-refractivity contribution < 1.29 is 14.7 Å². The minimum Gasteiger partial charge on any atom is -0.396 e. The number of fused-ring (bicyclic) bond motifs is 5. The van der Waals surface area contributed by atoms with Gasteiger partial charge < -0.3 is 15.2 Å².